The number of hydrogen-bond acceptors (Lipinski definition) is 2. The maximum absolute atomic E-state index is 4.91. The van der Waals surface area contributed by atoms with Gasteiger partial charge in [-0.2, -0.15) is 0 Å². The van der Waals surface area contributed by atoms with E-state index in [-0.39, 0.29) is 0 Å². The average Bonchev–Trinajstić information content (AvgIpc) is 3.65. The summed E-state index contributed by atoms with van der Waals surface area (Å²) in [4.78, 5) is 4.91. The Labute approximate surface area is 242 Å². The largest absolute Gasteiger partial charge is 0.299 e. The van der Waals surface area contributed by atoms with Gasteiger partial charge in [-0.1, -0.05) is 100 Å². The summed E-state index contributed by atoms with van der Waals surface area (Å²) in [5, 5.41) is 2.74. The summed E-state index contributed by atoms with van der Waals surface area (Å²) in [6, 6.07) is 31.0. The first-order valence-electron chi connectivity index (χ1n) is 14.9. The first-order chi connectivity index (χ1) is 19.7. The second kappa shape index (κ2) is 11.4. The lowest BCUT2D eigenvalue weighted by molar-refractivity contribution is 0.625. The number of fused-ring (bicyclic) bond motifs is 3. The van der Waals surface area contributed by atoms with Gasteiger partial charge in [0.15, 0.2) is 0 Å². The van der Waals surface area contributed by atoms with Gasteiger partial charge in [-0.15, -0.1) is 11.3 Å². The molecule has 0 atom stereocenters. The number of thiophene rings is 1. The van der Waals surface area contributed by atoms with Crippen molar-refractivity contribution >= 4 is 31.5 Å². The number of hydrogen-bond donors (Lipinski definition) is 0. The van der Waals surface area contributed by atoms with E-state index >= 15 is 0 Å². The highest BCUT2D eigenvalue weighted by molar-refractivity contribution is 7.26. The van der Waals surface area contributed by atoms with Gasteiger partial charge in [-0.25, -0.2) is 4.98 Å². The predicted molar refractivity (Wildman–Crippen MR) is 174 cm³/mol. The van der Waals surface area contributed by atoms with Crippen molar-refractivity contribution in [1.29, 1.82) is 0 Å². The van der Waals surface area contributed by atoms with Crippen molar-refractivity contribution in [2.45, 2.75) is 65.2 Å². The molecule has 0 radical (unpaired) electrons. The zero-order chi connectivity index (χ0) is 27.6. The molecule has 40 heavy (non-hydrogen) atoms. The van der Waals surface area contributed by atoms with Crippen molar-refractivity contribution < 1.29 is 0 Å². The first-order valence-corrected chi connectivity index (χ1v) is 15.7. The SMILES string of the molecule is CCC(CC)c1cc(C(CC)CC)c2sc3ccc(-c4ccccc4)cc3c2c1-n1ccnc1-c1ccccc1. The predicted octanol–water partition coefficient (Wildman–Crippen LogP) is 11.4. The van der Waals surface area contributed by atoms with Crippen molar-refractivity contribution in [1.82, 2.24) is 9.55 Å². The average molecular weight is 543 g/mol. The molecule has 6 rings (SSSR count). The number of nitrogens with zero attached hydrogens (tertiary/aromatic N) is 2. The van der Waals surface area contributed by atoms with Crippen LogP contribution in [0.25, 0.3) is 48.4 Å². The zero-order valence-electron chi connectivity index (χ0n) is 24.0. The summed E-state index contributed by atoms with van der Waals surface area (Å²) >= 11 is 1.97. The minimum Gasteiger partial charge on any atom is -0.299 e. The molecule has 0 saturated carbocycles. The van der Waals surface area contributed by atoms with Crippen molar-refractivity contribution in [3.05, 3.63) is 108 Å². The van der Waals surface area contributed by atoms with Crippen LogP contribution < -0.4 is 0 Å². The van der Waals surface area contributed by atoms with Gasteiger partial charge in [0.05, 0.1) is 5.69 Å². The highest BCUT2D eigenvalue weighted by Crippen LogP contribution is 2.48. The van der Waals surface area contributed by atoms with E-state index < -0.39 is 0 Å². The van der Waals surface area contributed by atoms with Crippen LogP contribution in [0.4, 0.5) is 0 Å². The van der Waals surface area contributed by atoms with E-state index in [9.17, 15) is 0 Å². The van der Waals surface area contributed by atoms with E-state index in [1.54, 1.807) is 0 Å². The molecular formula is C37H38N2S. The Kier molecular flexibility index (Phi) is 7.58. The molecule has 2 nitrogen and oxygen atoms in total. The number of aromatic nitrogens is 2. The van der Waals surface area contributed by atoms with E-state index in [2.05, 4.69) is 123 Å². The van der Waals surface area contributed by atoms with Crippen molar-refractivity contribution in [3.63, 3.8) is 0 Å². The normalized spacial score (nSPS) is 11.8. The topological polar surface area (TPSA) is 17.8 Å². The molecule has 0 N–H and O–H groups in total. The van der Waals surface area contributed by atoms with E-state index in [0.717, 1.165) is 37.1 Å². The zero-order valence-corrected chi connectivity index (χ0v) is 24.8. The third-order valence-electron chi connectivity index (χ3n) is 8.64. The lowest BCUT2D eigenvalue weighted by Crippen LogP contribution is -2.08. The Morgan fingerprint density at radius 3 is 1.95 bits per heavy atom. The van der Waals surface area contributed by atoms with Crippen LogP contribution in [0.3, 0.4) is 0 Å². The molecule has 2 heterocycles. The first kappa shape index (κ1) is 26.5. The minimum atomic E-state index is 0.478. The van der Waals surface area contributed by atoms with E-state index in [1.165, 1.54) is 48.1 Å². The Morgan fingerprint density at radius 1 is 0.675 bits per heavy atom. The quantitative estimate of drug-likeness (QED) is 0.178. The van der Waals surface area contributed by atoms with Gasteiger partial charge in [0, 0.05) is 38.1 Å². The summed E-state index contributed by atoms with van der Waals surface area (Å²) in [7, 11) is 0. The second-order valence-electron chi connectivity index (χ2n) is 10.8. The molecule has 3 heteroatoms. The second-order valence-corrected chi connectivity index (χ2v) is 11.9. The molecular weight excluding hydrogens is 504 g/mol. The van der Waals surface area contributed by atoms with Gasteiger partial charge >= 0.3 is 0 Å². The molecule has 0 unspecified atom stereocenters. The monoisotopic (exact) mass is 542 g/mol. The van der Waals surface area contributed by atoms with E-state index in [1.807, 2.05) is 17.5 Å². The third kappa shape index (κ3) is 4.57. The van der Waals surface area contributed by atoms with Gasteiger partial charge in [-0.3, -0.25) is 4.57 Å². The fraction of sp³-hybridized carbons (Fsp3) is 0.270. The highest BCUT2D eigenvalue weighted by Gasteiger charge is 2.26. The number of benzene rings is 4. The molecule has 0 bridgehead atoms. The van der Waals surface area contributed by atoms with Gasteiger partial charge < -0.3 is 0 Å². The van der Waals surface area contributed by atoms with Crippen LogP contribution in [0.1, 0.15) is 76.3 Å². The smallest absolute Gasteiger partial charge is 0.144 e. The molecule has 6 aromatic rings. The molecule has 0 aliphatic heterocycles. The van der Waals surface area contributed by atoms with Gasteiger partial charge in [0.2, 0.25) is 0 Å². The van der Waals surface area contributed by atoms with Crippen LogP contribution in [-0.2, 0) is 0 Å². The van der Waals surface area contributed by atoms with Crippen molar-refractivity contribution in [2.24, 2.45) is 0 Å². The molecule has 0 spiro atoms. The minimum absolute atomic E-state index is 0.478. The molecule has 2 aromatic heterocycles. The summed E-state index contributed by atoms with van der Waals surface area (Å²) in [5.41, 5.74) is 7.96. The molecule has 4 aromatic carbocycles. The number of rotatable bonds is 9. The fourth-order valence-electron chi connectivity index (χ4n) is 6.41. The van der Waals surface area contributed by atoms with Crippen LogP contribution >= 0.6 is 11.3 Å². The lowest BCUT2D eigenvalue weighted by Gasteiger charge is -2.25. The Bertz CT molecular complexity index is 1740. The highest BCUT2D eigenvalue weighted by atomic mass is 32.1. The molecule has 0 aliphatic carbocycles. The standard InChI is InChI=1S/C37H38N2S/c1-5-25(6-2)30-24-31(26(7-3)8-4)36-34(35(30)39-22-21-38-37(39)28-17-13-10-14-18-28)32-23-29(19-20-33(32)40-36)27-15-11-9-12-16-27/h9-26H,5-8H2,1-4H3. The van der Waals surface area contributed by atoms with Gasteiger partial charge in [-0.05, 0) is 71.9 Å². The van der Waals surface area contributed by atoms with Crippen molar-refractivity contribution in [2.75, 3.05) is 0 Å². The van der Waals surface area contributed by atoms with E-state index in [0.29, 0.717) is 11.8 Å². The molecule has 0 saturated heterocycles. The Hall–Kier alpha value is -3.69. The van der Waals surface area contributed by atoms with Crippen LogP contribution in [-0.4, -0.2) is 9.55 Å². The van der Waals surface area contributed by atoms with Crippen molar-refractivity contribution in [3.8, 4) is 28.2 Å². The maximum atomic E-state index is 4.91. The Morgan fingerprint density at radius 2 is 1.30 bits per heavy atom. The Balaban J connectivity index is 1.77. The summed E-state index contributed by atoms with van der Waals surface area (Å²) in [6.07, 6.45) is 8.66. The van der Waals surface area contributed by atoms with E-state index in [4.69, 9.17) is 4.98 Å². The summed E-state index contributed by atoms with van der Waals surface area (Å²) in [5.74, 6) is 2.02. The lowest BCUT2D eigenvalue weighted by atomic mass is 9.84. The van der Waals surface area contributed by atoms with Gasteiger partial charge in [0.25, 0.3) is 0 Å². The van der Waals surface area contributed by atoms with Crippen LogP contribution in [0.5, 0.6) is 0 Å². The van der Waals surface area contributed by atoms with Gasteiger partial charge in [0.1, 0.15) is 5.82 Å². The van der Waals surface area contributed by atoms with Crippen LogP contribution in [0.15, 0.2) is 97.3 Å². The molecule has 0 amide bonds. The maximum Gasteiger partial charge on any atom is 0.144 e. The summed E-state index contributed by atoms with van der Waals surface area (Å²) in [6.45, 7) is 9.36. The number of imidazole rings is 1. The summed E-state index contributed by atoms with van der Waals surface area (Å²) < 4.78 is 5.17. The molecule has 0 fully saturated rings. The van der Waals surface area contributed by atoms with Crippen LogP contribution in [0, 0.1) is 0 Å². The fourth-order valence-corrected chi connectivity index (χ4v) is 7.69. The van der Waals surface area contributed by atoms with Crippen LogP contribution in [0.2, 0.25) is 0 Å². The molecule has 0 aliphatic rings. The third-order valence-corrected chi connectivity index (χ3v) is 9.86. The molecule has 202 valence electrons.